The van der Waals surface area contributed by atoms with E-state index in [0.717, 1.165) is 24.8 Å². The highest BCUT2D eigenvalue weighted by molar-refractivity contribution is 7.92. The lowest BCUT2D eigenvalue weighted by Crippen LogP contribution is -2.26. The van der Waals surface area contributed by atoms with Crippen molar-refractivity contribution in [1.82, 2.24) is 5.32 Å². The van der Waals surface area contributed by atoms with Crippen LogP contribution in [0, 0.1) is 0 Å². The summed E-state index contributed by atoms with van der Waals surface area (Å²) in [6.07, 6.45) is 3.41. The zero-order valence-electron chi connectivity index (χ0n) is 16.6. The molecule has 2 N–H and O–H groups in total. The molecule has 0 aromatic heterocycles. The molecule has 1 heterocycles. The van der Waals surface area contributed by atoms with Crippen LogP contribution in [0.2, 0.25) is 10.0 Å². The zero-order valence-corrected chi connectivity index (χ0v) is 18.9. The van der Waals surface area contributed by atoms with Crippen molar-refractivity contribution in [2.75, 3.05) is 17.9 Å². The number of para-hydroxylation sites is 1. The van der Waals surface area contributed by atoms with Crippen molar-refractivity contribution in [2.45, 2.75) is 43.0 Å². The number of sulfonamides is 1. The predicted molar refractivity (Wildman–Crippen MR) is 119 cm³/mol. The number of carboxylic acids is 1. The van der Waals surface area contributed by atoms with Gasteiger partial charge < -0.3 is 10.4 Å². The van der Waals surface area contributed by atoms with Gasteiger partial charge in [0, 0.05) is 13.5 Å². The normalized spacial score (nSPS) is 17.2. The Balaban J connectivity index is 1.90. The van der Waals surface area contributed by atoms with E-state index in [0.29, 0.717) is 29.2 Å². The van der Waals surface area contributed by atoms with Crippen LogP contribution in [0.15, 0.2) is 41.3 Å². The maximum absolute atomic E-state index is 13.2. The molecule has 1 atom stereocenters. The fourth-order valence-electron chi connectivity index (χ4n) is 3.68. The van der Waals surface area contributed by atoms with Crippen LogP contribution >= 0.6 is 23.2 Å². The van der Waals surface area contributed by atoms with Crippen LogP contribution < -0.4 is 9.62 Å². The number of benzene rings is 2. The Morgan fingerprint density at radius 1 is 1.07 bits per heavy atom. The number of hydrogen-bond donors (Lipinski definition) is 2. The molecule has 2 aromatic carbocycles. The maximum Gasteiger partial charge on any atom is 0.303 e. The van der Waals surface area contributed by atoms with E-state index in [-0.39, 0.29) is 22.4 Å². The van der Waals surface area contributed by atoms with Crippen molar-refractivity contribution < 1.29 is 18.3 Å². The van der Waals surface area contributed by atoms with Gasteiger partial charge >= 0.3 is 5.97 Å². The fraction of sp³-hybridized carbons (Fsp3) is 0.381. The van der Waals surface area contributed by atoms with Crippen molar-refractivity contribution in [3.63, 3.8) is 0 Å². The minimum Gasteiger partial charge on any atom is -0.481 e. The number of carboxylic acid groups (broad SMARTS) is 1. The minimum absolute atomic E-state index is 0.134. The predicted octanol–water partition coefficient (Wildman–Crippen LogP) is 4.85. The molecular formula is C21H24Cl2N2O4S. The number of hydrogen-bond acceptors (Lipinski definition) is 4. The Labute approximate surface area is 186 Å². The summed E-state index contributed by atoms with van der Waals surface area (Å²) in [4.78, 5) is 10.7. The van der Waals surface area contributed by atoms with Crippen LogP contribution in [-0.2, 0) is 14.8 Å². The number of rotatable bonds is 8. The quantitative estimate of drug-likeness (QED) is 0.538. The summed E-state index contributed by atoms with van der Waals surface area (Å²) in [6.45, 7) is 0.648. The van der Waals surface area contributed by atoms with E-state index in [9.17, 15) is 13.2 Å². The Hall–Kier alpha value is -1.80. The van der Waals surface area contributed by atoms with Crippen molar-refractivity contribution in [3.05, 3.63) is 57.6 Å². The van der Waals surface area contributed by atoms with E-state index in [1.54, 1.807) is 18.2 Å². The minimum atomic E-state index is -3.80. The Bertz CT molecular complexity index is 1040. The van der Waals surface area contributed by atoms with Crippen molar-refractivity contribution >= 4 is 44.9 Å². The molecule has 1 aliphatic heterocycles. The first-order valence-corrected chi connectivity index (χ1v) is 11.9. The molecule has 0 amide bonds. The number of aliphatic carboxylic acids is 1. The molecule has 0 bridgehead atoms. The summed E-state index contributed by atoms with van der Waals surface area (Å²) >= 11 is 12.4. The number of nitrogens with zero attached hydrogens (tertiary/aromatic N) is 1. The summed E-state index contributed by atoms with van der Waals surface area (Å²) in [5.74, 6) is -0.777. The van der Waals surface area contributed by atoms with Gasteiger partial charge in [0.05, 0.1) is 26.7 Å². The fourth-order valence-corrected chi connectivity index (χ4v) is 5.54. The van der Waals surface area contributed by atoms with Gasteiger partial charge in [-0.15, -0.1) is 0 Å². The first-order valence-electron chi connectivity index (χ1n) is 9.75. The smallest absolute Gasteiger partial charge is 0.303 e. The number of fused-ring (bicyclic) bond motifs is 2. The lowest BCUT2D eigenvalue weighted by Gasteiger charge is -2.22. The number of nitrogens with one attached hydrogen (secondary N) is 1. The van der Waals surface area contributed by atoms with Crippen molar-refractivity contribution in [1.29, 1.82) is 0 Å². The second-order valence-electron chi connectivity index (χ2n) is 7.28. The molecule has 2 aromatic rings. The van der Waals surface area contributed by atoms with E-state index in [4.69, 9.17) is 28.3 Å². The first kappa shape index (κ1) is 22.9. The highest BCUT2D eigenvalue weighted by atomic mass is 35.5. The van der Waals surface area contributed by atoms with Crippen molar-refractivity contribution in [2.24, 2.45) is 0 Å². The zero-order chi connectivity index (χ0) is 21.9. The lowest BCUT2D eigenvalue weighted by atomic mass is 9.96. The van der Waals surface area contributed by atoms with E-state index in [1.165, 1.54) is 17.4 Å². The molecule has 0 fully saturated rings. The molecule has 0 radical (unpaired) electrons. The molecule has 3 rings (SSSR count). The molecule has 1 aliphatic rings. The largest absolute Gasteiger partial charge is 0.481 e. The molecule has 0 aliphatic carbocycles. The molecule has 6 nitrogen and oxygen atoms in total. The number of halogens is 2. The van der Waals surface area contributed by atoms with Crippen LogP contribution in [0.1, 0.15) is 49.3 Å². The molecule has 1 unspecified atom stereocenters. The van der Waals surface area contributed by atoms with Crippen LogP contribution in [0.4, 0.5) is 5.69 Å². The lowest BCUT2D eigenvalue weighted by molar-refractivity contribution is -0.137. The Morgan fingerprint density at radius 3 is 2.47 bits per heavy atom. The highest BCUT2D eigenvalue weighted by Gasteiger charge is 2.35. The molecule has 162 valence electrons. The van der Waals surface area contributed by atoms with Crippen LogP contribution in [0.3, 0.4) is 0 Å². The second kappa shape index (κ2) is 9.56. The topological polar surface area (TPSA) is 86.7 Å². The van der Waals surface area contributed by atoms with Gasteiger partial charge in [-0.2, -0.15) is 0 Å². The molecule has 0 spiro atoms. The number of carbonyl (C=O) groups is 1. The summed E-state index contributed by atoms with van der Waals surface area (Å²) < 4.78 is 27.8. The van der Waals surface area contributed by atoms with Gasteiger partial charge in [0.25, 0.3) is 10.0 Å². The third kappa shape index (κ3) is 4.75. The van der Waals surface area contributed by atoms with E-state index in [2.05, 4.69) is 5.32 Å². The monoisotopic (exact) mass is 470 g/mol. The summed E-state index contributed by atoms with van der Waals surface area (Å²) in [7, 11) is -2.27. The molecular weight excluding hydrogens is 447 g/mol. The van der Waals surface area contributed by atoms with Crippen LogP contribution in [0.5, 0.6) is 0 Å². The SMILES string of the molecule is CN1c2ccccc2C(NCCCCCCC(=O)O)c2cc(Cl)c(Cl)cc2S1(=O)=O. The number of anilines is 1. The highest BCUT2D eigenvalue weighted by Crippen LogP contribution is 2.42. The van der Waals surface area contributed by atoms with Gasteiger partial charge in [-0.3, -0.25) is 9.10 Å². The van der Waals surface area contributed by atoms with E-state index >= 15 is 0 Å². The Morgan fingerprint density at radius 2 is 1.73 bits per heavy atom. The number of unbranched alkanes of at least 4 members (excludes halogenated alkanes) is 3. The van der Waals surface area contributed by atoms with Gasteiger partial charge in [-0.1, -0.05) is 54.2 Å². The molecule has 0 saturated carbocycles. The van der Waals surface area contributed by atoms with Gasteiger partial charge in [-0.25, -0.2) is 8.42 Å². The van der Waals surface area contributed by atoms with E-state index < -0.39 is 16.0 Å². The van der Waals surface area contributed by atoms with Crippen LogP contribution in [0.25, 0.3) is 0 Å². The Kier molecular flexibility index (Phi) is 7.29. The van der Waals surface area contributed by atoms with Crippen molar-refractivity contribution in [3.8, 4) is 0 Å². The molecule has 9 heteroatoms. The van der Waals surface area contributed by atoms with Gasteiger partial charge in [0.15, 0.2) is 0 Å². The van der Waals surface area contributed by atoms with E-state index in [1.807, 2.05) is 12.1 Å². The summed E-state index contributed by atoms with van der Waals surface area (Å²) in [6, 6.07) is 10.0. The van der Waals surface area contributed by atoms with Gasteiger partial charge in [-0.05, 0) is 48.7 Å². The van der Waals surface area contributed by atoms with Crippen LogP contribution in [-0.4, -0.2) is 33.1 Å². The first-order chi connectivity index (χ1) is 14.2. The maximum atomic E-state index is 13.2. The third-order valence-electron chi connectivity index (χ3n) is 5.26. The van der Waals surface area contributed by atoms with Gasteiger partial charge in [0.1, 0.15) is 0 Å². The molecule has 30 heavy (non-hydrogen) atoms. The third-order valence-corrected chi connectivity index (χ3v) is 7.80. The average molecular weight is 471 g/mol. The summed E-state index contributed by atoms with van der Waals surface area (Å²) in [5.41, 5.74) is 2.00. The average Bonchev–Trinajstić information content (AvgIpc) is 2.76. The summed E-state index contributed by atoms with van der Waals surface area (Å²) in [5, 5.41) is 12.7. The standard InChI is InChI=1S/C21H24Cl2N2O4S/c1-25-18-9-6-5-8-14(18)21(24-11-7-3-2-4-10-20(26)27)15-12-16(22)17(23)13-19(15)30(25,28)29/h5-6,8-9,12-13,21,24H,2-4,7,10-11H2,1H3,(H,26,27). The van der Waals surface area contributed by atoms with Gasteiger partial charge in [0.2, 0.25) is 0 Å². The second-order valence-corrected chi connectivity index (χ2v) is 10.0. The molecule has 0 saturated heterocycles.